The normalized spacial score (nSPS) is 19.4. The van der Waals surface area contributed by atoms with Crippen LogP contribution in [0.2, 0.25) is 0 Å². The maximum Gasteiger partial charge on any atom is 0.293 e. The summed E-state index contributed by atoms with van der Waals surface area (Å²) in [4.78, 5) is 18.7. The average molecular weight is 330 g/mol. The van der Waals surface area contributed by atoms with Crippen molar-refractivity contribution in [2.45, 2.75) is 44.7 Å². The predicted octanol–water partition coefficient (Wildman–Crippen LogP) is 1.95. The lowest BCUT2D eigenvalue weighted by Crippen LogP contribution is -2.50. The molecule has 0 saturated carbocycles. The minimum Gasteiger partial charge on any atom is -0.469 e. The van der Waals surface area contributed by atoms with Crippen molar-refractivity contribution >= 4 is 5.82 Å². The van der Waals surface area contributed by atoms with E-state index in [1.54, 1.807) is 30.3 Å². The molecule has 0 aromatic carbocycles. The molecular weight excluding hydrogens is 304 g/mol. The van der Waals surface area contributed by atoms with E-state index in [0.29, 0.717) is 17.9 Å². The second kappa shape index (κ2) is 7.66. The van der Waals surface area contributed by atoms with Gasteiger partial charge in [0.15, 0.2) is 5.82 Å². The Labute approximate surface area is 142 Å². The summed E-state index contributed by atoms with van der Waals surface area (Å²) in [6.45, 7) is 3.93. The van der Waals surface area contributed by atoms with Crippen LogP contribution in [0.15, 0.2) is 40.0 Å². The van der Waals surface area contributed by atoms with Crippen LogP contribution in [0.3, 0.4) is 0 Å². The molecule has 3 rings (SSSR count). The molecule has 6 heteroatoms. The molecule has 0 amide bonds. The van der Waals surface area contributed by atoms with Gasteiger partial charge in [0.1, 0.15) is 5.76 Å². The number of nitrogens with one attached hydrogen (secondary N) is 1. The molecule has 1 aliphatic heterocycles. The molecule has 2 atom stereocenters. The highest BCUT2D eigenvalue weighted by molar-refractivity contribution is 5.36. The van der Waals surface area contributed by atoms with Gasteiger partial charge >= 0.3 is 0 Å². The van der Waals surface area contributed by atoms with Gasteiger partial charge in [0.05, 0.1) is 6.26 Å². The molecule has 0 unspecified atom stereocenters. The highest BCUT2D eigenvalue weighted by atomic mass is 16.3. The van der Waals surface area contributed by atoms with Crippen molar-refractivity contribution < 1.29 is 4.42 Å². The van der Waals surface area contributed by atoms with E-state index in [2.05, 4.69) is 22.1 Å². The van der Waals surface area contributed by atoms with Crippen LogP contribution in [0.4, 0.5) is 5.82 Å². The Hall–Kier alpha value is -2.08. The van der Waals surface area contributed by atoms with Crippen LogP contribution in [-0.4, -0.2) is 34.7 Å². The van der Waals surface area contributed by atoms with Crippen LogP contribution in [0.1, 0.15) is 31.9 Å². The molecule has 0 bridgehead atoms. The highest BCUT2D eigenvalue weighted by Gasteiger charge is 2.23. The second-order valence-corrected chi connectivity index (χ2v) is 6.64. The molecule has 0 radical (unpaired) electrons. The summed E-state index contributed by atoms with van der Waals surface area (Å²) in [5.74, 6) is 1.60. The summed E-state index contributed by atoms with van der Waals surface area (Å²) >= 11 is 0. The second-order valence-electron chi connectivity index (χ2n) is 6.64. The van der Waals surface area contributed by atoms with Crippen LogP contribution in [0.25, 0.3) is 0 Å². The zero-order valence-electron chi connectivity index (χ0n) is 14.4. The van der Waals surface area contributed by atoms with Crippen molar-refractivity contribution in [3.63, 3.8) is 0 Å². The van der Waals surface area contributed by atoms with E-state index in [1.807, 2.05) is 12.1 Å². The fraction of sp³-hybridized carbons (Fsp3) is 0.556. The van der Waals surface area contributed by atoms with Gasteiger partial charge in [-0.05, 0) is 38.3 Å². The zero-order chi connectivity index (χ0) is 16.9. The minimum atomic E-state index is -0.0241. The van der Waals surface area contributed by atoms with E-state index in [-0.39, 0.29) is 5.56 Å². The Morgan fingerprint density at radius 2 is 2.38 bits per heavy atom. The average Bonchev–Trinajstić information content (AvgIpc) is 3.09. The van der Waals surface area contributed by atoms with Crippen LogP contribution in [0.5, 0.6) is 0 Å². The first-order valence-electron chi connectivity index (χ1n) is 8.68. The lowest BCUT2D eigenvalue weighted by molar-refractivity contribution is 0.366. The van der Waals surface area contributed by atoms with Crippen molar-refractivity contribution in [2.75, 3.05) is 18.0 Å². The van der Waals surface area contributed by atoms with Gasteiger partial charge in [-0.3, -0.25) is 4.79 Å². The van der Waals surface area contributed by atoms with E-state index in [4.69, 9.17) is 4.42 Å². The molecule has 130 valence electrons. The molecule has 0 spiro atoms. The van der Waals surface area contributed by atoms with E-state index >= 15 is 0 Å². The number of nitrogens with zero attached hydrogens (tertiary/aromatic N) is 3. The summed E-state index contributed by atoms with van der Waals surface area (Å²) < 4.78 is 6.98. The van der Waals surface area contributed by atoms with Crippen LogP contribution >= 0.6 is 0 Å². The largest absolute Gasteiger partial charge is 0.469 e. The Morgan fingerprint density at radius 1 is 1.50 bits per heavy atom. The summed E-state index contributed by atoms with van der Waals surface area (Å²) in [7, 11) is 1.77. The summed E-state index contributed by atoms with van der Waals surface area (Å²) in [5.41, 5.74) is -0.0241. The first-order chi connectivity index (χ1) is 11.6. The number of rotatable bonds is 6. The predicted molar refractivity (Wildman–Crippen MR) is 94.3 cm³/mol. The molecule has 1 N–H and O–H groups in total. The standard InChI is InChI=1S/C18H26N4O2/c1-14(7-8-16-6-4-12-24-16)20-15-5-3-10-22(13-15)17-18(23)21(2)11-9-19-17/h4,6,9,11-12,14-15,20H,3,5,7-8,10,13H2,1-2H3/t14-,15+/m0/s1. The number of aryl methyl sites for hydroxylation is 2. The topological polar surface area (TPSA) is 63.3 Å². The monoisotopic (exact) mass is 330 g/mol. The van der Waals surface area contributed by atoms with Crippen molar-refractivity contribution in [3.05, 3.63) is 46.9 Å². The summed E-state index contributed by atoms with van der Waals surface area (Å²) in [6.07, 6.45) is 9.30. The molecular formula is C18H26N4O2. The Kier molecular flexibility index (Phi) is 5.35. The third-order valence-corrected chi connectivity index (χ3v) is 4.64. The highest BCUT2D eigenvalue weighted by Crippen LogP contribution is 2.16. The number of hydrogen-bond acceptors (Lipinski definition) is 5. The SMILES string of the molecule is C[C@@H](CCc1ccco1)N[C@@H]1CCCN(c2nccn(C)c2=O)C1. The van der Waals surface area contributed by atoms with Crippen molar-refractivity contribution in [1.29, 1.82) is 0 Å². The fourth-order valence-corrected chi connectivity index (χ4v) is 3.31. The number of aromatic nitrogens is 2. The molecule has 2 aromatic rings. The molecule has 24 heavy (non-hydrogen) atoms. The molecule has 1 fully saturated rings. The lowest BCUT2D eigenvalue weighted by atomic mass is 10.0. The Bertz CT molecular complexity index is 695. The van der Waals surface area contributed by atoms with Gasteiger partial charge in [0.2, 0.25) is 0 Å². The molecule has 1 saturated heterocycles. The van der Waals surface area contributed by atoms with Crippen LogP contribution in [0, 0.1) is 0 Å². The number of anilines is 1. The third kappa shape index (κ3) is 4.06. The number of furan rings is 1. The van der Waals surface area contributed by atoms with E-state index < -0.39 is 0 Å². The zero-order valence-corrected chi connectivity index (χ0v) is 14.4. The third-order valence-electron chi connectivity index (χ3n) is 4.64. The molecule has 2 aromatic heterocycles. The number of piperidine rings is 1. The van der Waals surface area contributed by atoms with Gasteiger partial charge in [-0.2, -0.15) is 0 Å². The first-order valence-corrected chi connectivity index (χ1v) is 8.68. The van der Waals surface area contributed by atoms with Gasteiger partial charge in [-0.15, -0.1) is 0 Å². The summed E-state index contributed by atoms with van der Waals surface area (Å²) in [6, 6.07) is 4.75. The lowest BCUT2D eigenvalue weighted by Gasteiger charge is -2.35. The Morgan fingerprint density at radius 3 is 3.17 bits per heavy atom. The first kappa shape index (κ1) is 16.8. The van der Waals surface area contributed by atoms with Gasteiger partial charge in [0, 0.05) is 51.0 Å². The summed E-state index contributed by atoms with van der Waals surface area (Å²) in [5, 5.41) is 3.70. The van der Waals surface area contributed by atoms with Crippen molar-refractivity contribution in [3.8, 4) is 0 Å². The fourth-order valence-electron chi connectivity index (χ4n) is 3.31. The van der Waals surface area contributed by atoms with Crippen molar-refractivity contribution in [2.24, 2.45) is 7.05 Å². The van der Waals surface area contributed by atoms with E-state index in [9.17, 15) is 4.79 Å². The minimum absolute atomic E-state index is 0.0241. The molecule has 3 heterocycles. The van der Waals surface area contributed by atoms with E-state index in [1.165, 1.54) is 0 Å². The quantitative estimate of drug-likeness (QED) is 0.877. The maximum atomic E-state index is 12.3. The molecule has 1 aliphatic rings. The van der Waals surface area contributed by atoms with Crippen molar-refractivity contribution in [1.82, 2.24) is 14.9 Å². The van der Waals surface area contributed by atoms with Crippen LogP contribution in [-0.2, 0) is 13.5 Å². The van der Waals surface area contributed by atoms with E-state index in [0.717, 1.165) is 44.5 Å². The van der Waals surface area contributed by atoms with Gasteiger partial charge in [-0.1, -0.05) is 0 Å². The van der Waals surface area contributed by atoms with Gasteiger partial charge < -0.3 is 19.2 Å². The van der Waals surface area contributed by atoms with Gasteiger partial charge in [-0.25, -0.2) is 4.98 Å². The van der Waals surface area contributed by atoms with Gasteiger partial charge in [0.25, 0.3) is 5.56 Å². The smallest absolute Gasteiger partial charge is 0.293 e. The molecule has 0 aliphatic carbocycles. The molecule has 6 nitrogen and oxygen atoms in total. The Balaban J connectivity index is 1.55. The maximum absolute atomic E-state index is 12.3. The van der Waals surface area contributed by atoms with Crippen LogP contribution < -0.4 is 15.8 Å². The number of hydrogen-bond donors (Lipinski definition) is 1.